The van der Waals surface area contributed by atoms with Gasteiger partial charge in [-0.3, -0.25) is 0 Å². The molecule has 2 aromatic rings. The summed E-state index contributed by atoms with van der Waals surface area (Å²) in [7, 11) is 0. The average molecular weight is 152 g/mol. The highest BCUT2D eigenvalue weighted by Crippen LogP contribution is 2.07. The first-order valence-corrected chi connectivity index (χ1v) is 3.04. The Bertz CT molecular complexity index is 394. The second-order valence-electron chi connectivity index (χ2n) is 2.10. The summed E-state index contributed by atoms with van der Waals surface area (Å²) in [5.74, 6) is -0.386. The standard InChI is InChI=1S/C6H5FN4/c7-4-2-1-3-5-9-10-6(8)11(4)5/h1-3H,(H2,8,10). The Kier molecular flexibility index (Phi) is 1.06. The largest absolute Gasteiger partial charge is 0.368 e. The molecule has 0 bridgehead atoms. The molecule has 2 aromatic heterocycles. The number of nitrogens with two attached hydrogens (primary N) is 1. The zero-order chi connectivity index (χ0) is 7.84. The Morgan fingerprint density at radius 2 is 2.18 bits per heavy atom. The third kappa shape index (κ3) is 0.739. The van der Waals surface area contributed by atoms with Gasteiger partial charge in [0.25, 0.3) is 0 Å². The molecule has 2 N–H and O–H groups in total. The van der Waals surface area contributed by atoms with Gasteiger partial charge in [0.15, 0.2) is 5.65 Å². The first-order chi connectivity index (χ1) is 5.29. The highest BCUT2D eigenvalue weighted by Gasteiger charge is 2.03. The van der Waals surface area contributed by atoms with Crippen molar-refractivity contribution < 1.29 is 4.39 Å². The zero-order valence-electron chi connectivity index (χ0n) is 5.53. The van der Waals surface area contributed by atoms with Gasteiger partial charge in [-0.1, -0.05) is 6.07 Å². The number of pyridine rings is 1. The summed E-state index contributed by atoms with van der Waals surface area (Å²) in [5.41, 5.74) is 5.75. The minimum Gasteiger partial charge on any atom is -0.368 e. The predicted molar refractivity (Wildman–Crippen MR) is 37.4 cm³/mol. The number of aromatic nitrogens is 3. The number of hydrogen-bond donors (Lipinski definition) is 1. The van der Waals surface area contributed by atoms with Crippen LogP contribution in [0.5, 0.6) is 0 Å². The summed E-state index contributed by atoms with van der Waals surface area (Å²) in [5, 5.41) is 7.13. The molecule has 0 saturated carbocycles. The van der Waals surface area contributed by atoms with Crippen molar-refractivity contribution in [1.29, 1.82) is 0 Å². The predicted octanol–water partition coefficient (Wildman–Crippen LogP) is 0.451. The van der Waals surface area contributed by atoms with Crippen LogP contribution in [0.25, 0.3) is 5.65 Å². The third-order valence-electron chi connectivity index (χ3n) is 1.41. The van der Waals surface area contributed by atoms with Crippen LogP contribution >= 0.6 is 0 Å². The molecule has 0 spiro atoms. The Morgan fingerprint density at radius 1 is 1.36 bits per heavy atom. The van der Waals surface area contributed by atoms with Crippen molar-refractivity contribution >= 4 is 11.6 Å². The van der Waals surface area contributed by atoms with Crippen LogP contribution in [0, 0.1) is 5.95 Å². The van der Waals surface area contributed by atoms with Crippen molar-refractivity contribution in [1.82, 2.24) is 14.6 Å². The first kappa shape index (κ1) is 6.09. The van der Waals surface area contributed by atoms with E-state index in [0.717, 1.165) is 4.40 Å². The van der Waals surface area contributed by atoms with E-state index >= 15 is 0 Å². The Labute approximate surface area is 61.5 Å². The van der Waals surface area contributed by atoms with Crippen molar-refractivity contribution in [2.45, 2.75) is 0 Å². The average Bonchev–Trinajstić information content (AvgIpc) is 2.34. The molecule has 0 fully saturated rings. The van der Waals surface area contributed by atoms with Crippen LogP contribution in [-0.2, 0) is 0 Å². The van der Waals surface area contributed by atoms with Gasteiger partial charge >= 0.3 is 0 Å². The van der Waals surface area contributed by atoms with Gasteiger partial charge in [0.05, 0.1) is 0 Å². The molecule has 2 rings (SSSR count). The van der Waals surface area contributed by atoms with Crippen molar-refractivity contribution in [2.75, 3.05) is 5.73 Å². The summed E-state index contributed by atoms with van der Waals surface area (Å²) in [4.78, 5) is 0. The summed E-state index contributed by atoms with van der Waals surface area (Å²) >= 11 is 0. The SMILES string of the molecule is Nc1nnc2cccc(F)n12. The van der Waals surface area contributed by atoms with Crippen molar-refractivity contribution in [3.05, 3.63) is 24.1 Å². The maximum Gasteiger partial charge on any atom is 0.228 e. The number of anilines is 1. The van der Waals surface area contributed by atoms with E-state index in [2.05, 4.69) is 10.2 Å². The fourth-order valence-electron chi connectivity index (χ4n) is 0.924. The molecule has 0 atom stereocenters. The molecule has 56 valence electrons. The van der Waals surface area contributed by atoms with Gasteiger partial charge < -0.3 is 5.73 Å². The lowest BCUT2D eigenvalue weighted by molar-refractivity contribution is 0.569. The number of nitrogen functional groups attached to an aromatic ring is 1. The summed E-state index contributed by atoms with van der Waals surface area (Å²) in [6, 6.07) is 4.48. The van der Waals surface area contributed by atoms with Crippen molar-refractivity contribution in [3.63, 3.8) is 0 Å². The molecule has 0 aliphatic rings. The number of nitrogens with zero attached hydrogens (tertiary/aromatic N) is 3. The van der Waals surface area contributed by atoms with Gasteiger partial charge in [0.2, 0.25) is 11.9 Å². The lowest BCUT2D eigenvalue weighted by Crippen LogP contribution is -1.97. The van der Waals surface area contributed by atoms with Gasteiger partial charge in [0, 0.05) is 0 Å². The maximum atomic E-state index is 12.9. The van der Waals surface area contributed by atoms with Crippen LogP contribution in [0.4, 0.5) is 10.3 Å². The Morgan fingerprint density at radius 3 is 2.91 bits per heavy atom. The lowest BCUT2D eigenvalue weighted by atomic mass is 10.5. The van der Waals surface area contributed by atoms with Gasteiger partial charge in [-0.2, -0.15) is 4.39 Å². The molecule has 0 aliphatic heterocycles. The van der Waals surface area contributed by atoms with Crippen LogP contribution in [0.15, 0.2) is 18.2 Å². The van der Waals surface area contributed by atoms with Crippen LogP contribution in [-0.4, -0.2) is 14.6 Å². The van der Waals surface area contributed by atoms with Gasteiger partial charge in [0.1, 0.15) is 0 Å². The zero-order valence-corrected chi connectivity index (χ0v) is 5.53. The van der Waals surface area contributed by atoms with Crippen LogP contribution in [0.2, 0.25) is 0 Å². The van der Waals surface area contributed by atoms with Crippen molar-refractivity contribution in [3.8, 4) is 0 Å². The molecule has 11 heavy (non-hydrogen) atoms. The van der Waals surface area contributed by atoms with Gasteiger partial charge in [-0.05, 0) is 12.1 Å². The molecule has 0 aromatic carbocycles. The molecule has 0 aliphatic carbocycles. The van der Waals surface area contributed by atoms with E-state index in [0.29, 0.717) is 5.65 Å². The normalized spacial score (nSPS) is 10.6. The summed E-state index contributed by atoms with van der Waals surface area (Å²) < 4.78 is 14.0. The molecule has 0 unspecified atom stereocenters. The van der Waals surface area contributed by atoms with E-state index in [9.17, 15) is 4.39 Å². The number of halogens is 1. The fraction of sp³-hybridized carbons (Fsp3) is 0. The number of hydrogen-bond acceptors (Lipinski definition) is 3. The molecule has 0 saturated heterocycles. The van der Waals surface area contributed by atoms with E-state index in [1.807, 2.05) is 0 Å². The molecule has 4 nitrogen and oxygen atoms in total. The maximum absolute atomic E-state index is 12.9. The van der Waals surface area contributed by atoms with E-state index in [4.69, 9.17) is 5.73 Å². The summed E-state index contributed by atoms with van der Waals surface area (Å²) in [6.45, 7) is 0. The molecule has 2 heterocycles. The Hall–Kier alpha value is -1.65. The molecular formula is C6H5FN4. The van der Waals surface area contributed by atoms with Crippen LogP contribution in [0.1, 0.15) is 0 Å². The number of fused-ring (bicyclic) bond motifs is 1. The molecule has 5 heteroatoms. The smallest absolute Gasteiger partial charge is 0.228 e. The molecule has 0 amide bonds. The Balaban J connectivity index is 2.96. The second-order valence-corrected chi connectivity index (χ2v) is 2.10. The molecular weight excluding hydrogens is 147 g/mol. The minimum absolute atomic E-state index is 0.0677. The minimum atomic E-state index is -0.454. The van der Waals surface area contributed by atoms with Crippen molar-refractivity contribution in [2.24, 2.45) is 0 Å². The van der Waals surface area contributed by atoms with Gasteiger partial charge in [-0.25, -0.2) is 4.40 Å². The van der Waals surface area contributed by atoms with E-state index in [1.165, 1.54) is 6.07 Å². The van der Waals surface area contributed by atoms with E-state index < -0.39 is 5.95 Å². The lowest BCUT2D eigenvalue weighted by Gasteiger charge is -1.93. The molecule has 0 radical (unpaired) electrons. The highest BCUT2D eigenvalue weighted by molar-refractivity contribution is 5.42. The third-order valence-corrected chi connectivity index (χ3v) is 1.41. The quantitative estimate of drug-likeness (QED) is 0.557. The van der Waals surface area contributed by atoms with Crippen LogP contribution < -0.4 is 5.73 Å². The van der Waals surface area contributed by atoms with Gasteiger partial charge in [-0.15, -0.1) is 10.2 Å². The second kappa shape index (κ2) is 1.91. The highest BCUT2D eigenvalue weighted by atomic mass is 19.1. The fourth-order valence-corrected chi connectivity index (χ4v) is 0.924. The summed E-state index contributed by atoms with van der Waals surface area (Å²) in [6.07, 6.45) is 0. The van der Waals surface area contributed by atoms with E-state index in [-0.39, 0.29) is 5.95 Å². The van der Waals surface area contributed by atoms with E-state index in [1.54, 1.807) is 12.1 Å². The van der Waals surface area contributed by atoms with Crippen LogP contribution in [0.3, 0.4) is 0 Å². The number of rotatable bonds is 0. The monoisotopic (exact) mass is 152 g/mol. The first-order valence-electron chi connectivity index (χ1n) is 3.04. The topological polar surface area (TPSA) is 56.2 Å².